The van der Waals surface area contributed by atoms with Crippen molar-refractivity contribution in [3.05, 3.63) is 51.5 Å². The van der Waals surface area contributed by atoms with Gasteiger partial charge in [-0.2, -0.15) is 0 Å². The number of thiazole rings is 1. The number of hydrogen-bond donors (Lipinski definition) is 1. The molecule has 0 fully saturated rings. The SMILES string of the molecule is O=C(Cc1cncs1)c1ccc2c(c1)CNCC2. The molecule has 1 N–H and O–H groups in total. The van der Waals surface area contributed by atoms with E-state index in [9.17, 15) is 4.79 Å². The van der Waals surface area contributed by atoms with E-state index in [4.69, 9.17) is 0 Å². The average Bonchev–Trinajstić information content (AvgIpc) is 2.91. The molecule has 0 saturated heterocycles. The van der Waals surface area contributed by atoms with Crippen molar-refractivity contribution in [3.63, 3.8) is 0 Å². The summed E-state index contributed by atoms with van der Waals surface area (Å²) >= 11 is 1.53. The highest BCUT2D eigenvalue weighted by molar-refractivity contribution is 7.09. The zero-order valence-electron chi connectivity index (χ0n) is 9.98. The van der Waals surface area contributed by atoms with Crippen molar-refractivity contribution >= 4 is 17.1 Å². The Hall–Kier alpha value is -1.52. The molecular weight excluding hydrogens is 244 g/mol. The third kappa shape index (κ3) is 2.35. The molecule has 1 aliphatic heterocycles. The summed E-state index contributed by atoms with van der Waals surface area (Å²) in [5.74, 6) is 0.174. The number of fused-ring (bicyclic) bond motifs is 1. The summed E-state index contributed by atoms with van der Waals surface area (Å²) in [7, 11) is 0. The molecule has 3 rings (SSSR count). The van der Waals surface area contributed by atoms with E-state index < -0.39 is 0 Å². The van der Waals surface area contributed by atoms with Gasteiger partial charge in [-0.1, -0.05) is 12.1 Å². The lowest BCUT2D eigenvalue weighted by atomic mass is 9.96. The second kappa shape index (κ2) is 5.00. The summed E-state index contributed by atoms with van der Waals surface area (Å²) in [5, 5.41) is 3.33. The Morgan fingerprint density at radius 2 is 2.33 bits per heavy atom. The van der Waals surface area contributed by atoms with Crippen molar-refractivity contribution in [1.82, 2.24) is 10.3 Å². The first-order chi connectivity index (χ1) is 8.83. The largest absolute Gasteiger partial charge is 0.312 e. The second-order valence-corrected chi connectivity index (χ2v) is 5.45. The summed E-state index contributed by atoms with van der Waals surface area (Å²) in [4.78, 5) is 17.2. The molecule has 0 radical (unpaired) electrons. The van der Waals surface area contributed by atoms with Gasteiger partial charge in [0.05, 0.1) is 5.51 Å². The van der Waals surface area contributed by atoms with Gasteiger partial charge < -0.3 is 5.32 Å². The molecule has 0 unspecified atom stereocenters. The van der Waals surface area contributed by atoms with E-state index in [1.165, 1.54) is 22.5 Å². The third-order valence-corrected chi connectivity index (χ3v) is 4.01. The Morgan fingerprint density at radius 1 is 1.39 bits per heavy atom. The first-order valence-corrected chi connectivity index (χ1v) is 6.94. The highest BCUT2D eigenvalue weighted by Crippen LogP contribution is 2.18. The maximum absolute atomic E-state index is 12.2. The van der Waals surface area contributed by atoms with Crippen LogP contribution < -0.4 is 5.32 Å². The van der Waals surface area contributed by atoms with E-state index in [1.807, 2.05) is 12.1 Å². The molecule has 18 heavy (non-hydrogen) atoms. The first-order valence-electron chi connectivity index (χ1n) is 6.06. The third-order valence-electron chi connectivity index (χ3n) is 3.23. The predicted molar refractivity (Wildman–Crippen MR) is 72.0 cm³/mol. The molecule has 0 aliphatic carbocycles. The van der Waals surface area contributed by atoms with E-state index in [1.54, 1.807) is 11.7 Å². The van der Waals surface area contributed by atoms with Gasteiger partial charge in [-0.25, -0.2) is 0 Å². The van der Waals surface area contributed by atoms with Crippen molar-refractivity contribution in [2.24, 2.45) is 0 Å². The molecule has 4 heteroatoms. The Labute approximate surface area is 110 Å². The second-order valence-electron chi connectivity index (χ2n) is 4.48. The van der Waals surface area contributed by atoms with Crippen LogP contribution in [0.4, 0.5) is 0 Å². The number of nitrogens with zero attached hydrogens (tertiary/aromatic N) is 1. The minimum atomic E-state index is 0.174. The molecule has 0 atom stereocenters. The lowest BCUT2D eigenvalue weighted by Crippen LogP contribution is -2.23. The van der Waals surface area contributed by atoms with Crippen molar-refractivity contribution in [2.45, 2.75) is 19.4 Å². The Balaban J connectivity index is 1.81. The van der Waals surface area contributed by atoms with Crippen LogP contribution in [0, 0.1) is 0 Å². The Bertz CT molecular complexity index is 563. The van der Waals surface area contributed by atoms with E-state index in [2.05, 4.69) is 16.4 Å². The van der Waals surface area contributed by atoms with Gasteiger partial charge in [-0.15, -0.1) is 11.3 Å². The van der Waals surface area contributed by atoms with Crippen LogP contribution in [-0.4, -0.2) is 17.3 Å². The first kappa shape index (κ1) is 11.6. The smallest absolute Gasteiger partial charge is 0.168 e. The van der Waals surface area contributed by atoms with Crippen LogP contribution in [-0.2, 0) is 19.4 Å². The molecule has 2 aromatic rings. The monoisotopic (exact) mass is 258 g/mol. The zero-order chi connectivity index (χ0) is 12.4. The van der Waals surface area contributed by atoms with E-state index in [-0.39, 0.29) is 5.78 Å². The van der Waals surface area contributed by atoms with Gasteiger partial charge >= 0.3 is 0 Å². The average molecular weight is 258 g/mol. The number of ketones is 1. The fourth-order valence-electron chi connectivity index (χ4n) is 2.24. The van der Waals surface area contributed by atoms with Crippen LogP contribution in [0.3, 0.4) is 0 Å². The molecule has 2 heterocycles. The van der Waals surface area contributed by atoms with Crippen LogP contribution in [0.2, 0.25) is 0 Å². The summed E-state index contributed by atoms with van der Waals surface area (Å²) < 4.78 is 0. The van der Waals surface area contributed by atoms with Crippen molar-refractivity contribution in [2.75, 3.05) is 6.54 Å². The lowest BCUT2D eigenvalue weighted by molar-refractivity contribution is 0.0993. The Kier molecular flexibility index (Phi) is 3.21. The van der Waals surface area contributed by atoms with Crippen LogP contribution >= 0.6 is 11.3 Å². The van der Waals surface area contributed by atoms with Crippen molar-refractivity contribution in [1.29, 1.82) is 0 Å². The number of nitrogens with one attached hydrogen (secondary N) is 1. The molecule has 1 aliphatic rings. The molecule has 0 amide bonds. The fraction of sp³-hybridized carbons (Fsp3) is 0.286. The highest BCUT2D eigenvalue weighted by Gasteiger charge is 2.13. The predicted octanol–water partition coefficient (Wildman–Crippen LogP) is 2.21. The maximum Gasteiger partial charge on any atom is 0.168 e. The standard InChI is InChI=1S/C14H14N2OS/c17-14(6-13-8-16-9-18-13)11-2-1-10-3-4-15-7-12(10)5-11/h1-2,5,8-9,15H,3-4,6-7H2. The lowest BCUT2D eigenvalue weighted by Gasteiger charge is -2.17. The molecule has 1 aromatic heterocycles. The number of rotatable bonds is 3. The van der Waals surface area contributed by atoms with Crippen LogP contribution in [0.25, 0.3) is 0 Å². The van der Waals surface area contributed by atoms with Gasteiger partial charge in [0.2, 0.25) is 0 Å². The number of carbonyl (C=O) groups excluding carboxylic acids is 1. The van der Waals surface area contributed by atoms with Gasteiger partial charge in [0, 0.05) is 29.6 Å². The van der Waals surface area contributed by atoms with Gasteiger partial charge in [0.25, 0.3) is 0 Å². The minimum absolute atomic E-state index is 0.174. The molecule has 0 bridgehead atoms. The topological polar surface area (TPSA) is 42.0 Å². The highest BCUT2D eigenvalue weighted by atomic mass is 32.1. The van der Waals surface area contributed by atoms with Crippen LogP contribution in [0.1, 0.15) is 26.4 Å². The molecule has 0 saturated carbocycles. The van der Waals surface area contributed by atoms with Gasteiger partial charge in [0.1, 0.15) is 0 Å². The molecule has 0 spiro atoms. The fourth-order valence-corrected chi connectivity index (χ4v) is 2.84. The summed E-state index contributed by atoms with van der Waals surface area (Å²) in [6, 6.07) is 6.08. The number of aromatic nitrogens is 1. The molecule has 3 nitrogen and oxygen atoms in total. The van der Waals surface area contributed by atoms with E-state index >= 15 is 0 Å². The summed E-state index contributed by atoms with van der Waals surface area (Å²) in [6.45, 7) is 1.90. The summed E-state index contributed by atoms with van der Waals surface area (Å²) in [6.07, 6.45) is 3.28. The van der Waals surface area contributed by atoms with Gasteiger partial charge in [-0.05, 0) is 30.2 Å². The zero-order valence-corrected chi connectivity index (χ0v) is 10.8. The van der Waals surface area contributed by atoms with Crippen molar-refractivity contribution < 1.29 is 4.79 Å². The van der Waals surface area contributed by atoms with Gasteiger partial charge in [0.15, 0.2) is 5.78 Å². The Morgan fingerprint density at radius 3 is 3.17 bits per heavy atom. The number of Topliss-reactive ketones (excluding diaryl/α,β-unsaturated/α-hetero) is 1. The number of carbonyl (C=O) groups is 1. The molecule has 1 aromatic carbocycles. The normalized spacial score (nSPS) is 14.2. The summed E-state index contributed by atoms with van der Waals surface area (Å²) in [5.41, 5.74) is 5.20. The minimum Gasteiger partial charge on any atom is -0.312 e. The van der Waals surface area contributed by atoms with E-state index in [0.717, 1.165) is 30.0 Å². The molecular formula is C14H14N2OS. The van der Waals surface area contributed by atoms with Crippen molar-refractivity contribution in [3.8, 4) is 0 Å². The maximum atomic E-state index is 12.2. The molecule has 92 valence electrons. The number of benzene rings is 1. The van der Waals surface area contributed by atoms with Gasteiger partial charge in [-0.3, -0.25) is 9.78 Å². The van der Waals surface area contributed by atoms with Crippen LogP contribution in [0.5, 0.6) is 0 Å². The van der Waals surface area contributed by atoms with E-state index in [0.29, 0.717) is 6.42 Å². The quantitative estimate of drug-likeness (QED) is 0.858. The number of hydrogen-bond acceptors (Lipinski definition) is 4. The van der Waals surface area contributed by atoms with Crippen LogP contribution in [0.15, 0.2) is 29.9 Å².